The predicted octanol–water partition coefficient (Wildman–Crippen LogP) is 2.33. The van der Waals surface area contributed by atoms with Gasteiger partial charge in [0.15, 0.2) is 17.4 Å². The van der Waals surface area contributed by atoms with E-state index in [0.29, 0.717) is 18.0 Å². The molecule has 2 N–H and O–H groups in total. The Morgan fingerprint density at radius 1 is 1.21 bits per heavy atom. The summed E-state index contributed by atoms with van der Waals surface area (Å²) in [7, 11) is 0. The van der Waals surface area contributed by atoms with E-state index < -0.39 is 17.4 Å². The maximum absolute atomic E-state index is 13.2. The third kappa shape index (κ3) is 2.72. The molecule has 19 heavy (non-hydrogen) atoms. The highest BCUT2D eigenvalue weighted by Crippen LogP contribution is 2.38. The van der Waals surface area contributed by atoms with Crippen LogP contribution in [0.4, 0.5) is 8.78 Å². The van der Waals surface area contributed by atoms with Crippen molar-refractivity contribution in [3.8, 4) is 5.75 Å². The summed E-state index contributed by atoms with van der Waals surface area (Å²) >= 11 is 0. The monoisotopic (exact) mass is 269 g/mol. The van der Waals surface area contributed by atoms with E-state index in [9.17, 15) is 8.78 Å². The molecular formula is C14H17F2NO2. The number of phenolic OH excluding ortho intramolecular Hbond substituents is 1. The van der Waals surface area contributed by atoms with E-state index in [2.05, 4.69) is 5.32 Å². The van der Waals surface area contributed by atoms with Crippen LogP contribution in [0, 0.1) is 17.6 Å². The molecule has 0 aromatic heterocycles. The van der Waals surface area contributed by atoms with Crippen LogP contribution in [0.25, 0.3) is 0 Å². The number of ether oxygens (including phenoxy) is 1. The van der Waals surface area contributed by atoms with Crippen LogP contribution in [0.2, 0.25) is 0 Å². The van der Waals surface area contributed by atoms with Crippen molar-refractivity contribution in [2.24, 2.45) is 5.92 Å². The van der Waals surface area contributed by atoms with Crippen molar-refractivity contribution in [2.75, 3.05) is 6.61 Å². The number of nitrogens with one attached hydrogen (secondary N) is 1. The minimum absolute atomic E-state index is 0.242. The summed E-state index contributed by atoms with van der Waals surface area (Å²) in [6, 6.07) is 2.58. The van der Waals surface area contributed by atoms with Crippen molar-refractivity contribution < 1.29 is 18.6 Å². The van der Waals surface area contributed by atoms with Gasteiger partial charge in [0, 0.05) is 19.2 Å². The van der Waals surface area contributed by atoms with Gasteiger partial charge in [-0.3, -0.25) is 0 Å². The normalized spacial score (nSPS) is 26.8. The van der Waals surface area contributed by atoms with Crippen LogP contribution < -0.4 is 5.32 Å². The lowest BCUT2D eigenvalue weighted by molar-refractivity contribution is 0.0809. The molecule has 1 heterocycles. The maximum Gasteiger partial charge on any atom is 0.187 e. The lowest BCUT2D eigenvalue weighted by Crippen LogP contribution is -2.37. The molecule has 2 fully saturated rings. The molecule has 2 unspecified atom stereocenters. The lowest BCUT2D eigenvalue weighted by Gasteiger charge is -2.19. The van der Waals surface area contributed by atoms with Gasteiger partial charge in [-0.05, 0) is 42.9 Å². The van der Waals surface area contributed by atoms with Crippen molar-refractivity contribution >= 4 is 0 Å². The van der Waals surface area contributed by atoms with Gasteiger partial charge in [-0.15, -0.1) is 0 Å². The first-order valence-electron chi connectivity index (χ1n) is 6.67. The smallest absolute Gasteiger partial charge is 0.187 e. The van der Waals surface area contributed by atoms with Crippen molar-refractivity contribution in [2.45, 2.75) is 38.0 Å². The number of aromatic hydroxyl groups is 1. The van der Waals surface area contributed by atoms with Gasteiger partial charge in [-0.2, -0.15) is 0 Å². The Morgan fingerprint density at radius 2 is 1.89 bits per heavy atom. The average Bonchev–Trinajstić information content (AvgIpc) is 3.12. The van der Waals surface area contributed by atoms with Crippen molar-refractivity contribution in [3.63, 3.8) is 0 Å². The van der Waals surface area contributed by atoms with Gasteiger partial charge >= 0.3 is 0 Å². The summed E-state index contributed by atoms with van der Waals surface area (Å²) in [5.74, 6) is -2.10. The average molecular weight is 269 g/mol. The molecule has 2 aliphatic rings. The van der Waals surface area contributed by atoms with Gasteiger partial charge in [0.05, 0.1) is 6.10 Å². The van der Waals surface area contributed by atoms with E-state index in [1.807, 2.05) is 0 Å². The molecule has 0 bridgehead atoms. The van der Waals surface area contributed by atoms with E-state index in [4.69, 9.17) is 9.84 Å². The summed E-state index contributed by atoms with van der Waals surface area (Å²) < 4.78 is 32.1. The maximum atomic E-state index is 13.2. The zero-order chi connectivity index (χ0) is 13.4. The minimum Gasteiger partial charge on any atom is -0.503 e. The molecule has 1 aromatic carbocycles. The number of benzene rings is 1. The Kier molecular flexibility index (Phi) is 3.41. The highest BCUT2D eigenvalue weighted by molar-refractivity contribution is 5.30. The van der Waals surface area contributed by atoms with Gasteiger partial charge in [0.1, 0.15) is 0 Å². The highest BCUT2D eigenvalue weighted by atomic mass is 19.1. The lowest BCUT2D eigenvalue weighted by atomic mass is 10.1. The van der Waals surface area contributed by atoms with Crippen LogP contribution in [0.1, 0.15) is 24.8 Å². The molecule has 5 heteroatoms. The van der Waals surface area contributed by atoms with Crippen molar-refractivity contribution in [1.29, 1.82) is 0 Å². The molecule has 0 spiro atoms. The molecule has 1 aliphatic heterocycles. The van der Waals surface area contributed by atoms with Crippen LogP contribution in [0.15, 0.2) is 12.1 Å². The predicted molar refractivity (Wildman–Crippen MR) is 65.7 cm³/mol. The zero-order valence-electron chi connectivity index (χ0n) is 10.5. The molecule has 1 saturated carbocycles. The number of hydrogen-bond acceptors (Lipinski definition) is 3. The summed E-state index contributed by atoms with van der Waals surface area (Å²) in [4.78, 5) is 0. The first-order chi connectivity index (χ1) is 9.15. The first kappa shape index (κ1) is 12.8. The van der Waals surface area contributed by atoms with Crippen LogP contribution in [-0.4, -0.2) is 23.9 Å². The van der Waals surface area contributed by atoms with Crippen LogP contribution in [-0.2, 0) is 11.3 Å². The molecule has 3 rings (SSSR count). The van der Waals surface area contributed by atoms with Gasteiger partial charge in [0.25, 0.3) is 0 Å². The minimum atomic E-state index is -0.918. The summed E-state index contributed by atoms with van der Waals surface area (Å²) in [6.07, 6.45) is 3.60. The van der Waals surface area contributed by atoms with Crippen LogP contribution in [0.5, 0.6) is 5.75 Å². The third-order valence-electron chi connectivity index (χ3n) is 3.87. The zero-order valence-corrected chi connectivity index (χ0v) is 10.5. The van der Waals surface area contributed by atoms with Crippen molar-refractivity contribution in [3.05, 3.63) is 29.3 Å². The standard InChI is InChI=1S/C14H17F2NO2/c15-10-5-8(6-11(16)13(10)18)7-17-12-3-4-19-14(12)9-1-2-9/h5-6,9,12,14,17-18H,1-4,7H2. The Morgan fingerprint density at radius 3 is 2.53 bits per heavy atom. The number of phenols is 1. The summed E-state index contributed by atoms with van der Waals surface area (Å²) in [5.41, 5.74) is 0.495. The van der Waals surface area contributed by atoms with Crippen molar-refractivity contribution in [1.82, 2.24) is 5.32 Å². The molecule has 3 nitrogen and oxygen atoms in total. The van der Waals surface area contributed by atoms with Gasteiger partial charge in [-0.1, -0.05) is 0 Å². The molecule has 1 aliphatic carbocycles. The Bertz CT molecular complexity index is 454. The second-order valence-electron chi connectivity index (χ2n) is 5.36. The largest absolute Gasteiger partial charge is 0.503 e. The molecular weight excluding hydrogens is 252 g/mol. The third-order valence-corrected chi connectivity index (χ3v) is 3.87. The molecule has 1 saturated heterocycles. The molecule has 1 aromatic rings. The summed E-state index contributed by atoms with van der Waals surface area (Å²) in [6.45, 7) is 1.13. The Hall–Kier alpha value is -1.20. The SMILES string of the molecule is Oc1c(F)cc(CNC2CCOC2C2CC2)cc1F. The fourth-order valence-electron chi connectivity index (χ4n) is 2.69. The van der Waals surface area contributed by atoms with E-state index in [1.54, 1.807) is 0 Å². The van der Waals surface area contributed by atoms with Crippen LogP contribution >= 0.6 is 0 Å². The van der Waals surface area contributed by atoms with Gasteiger partial charge < -0.3 is 15.2 Å². The first-order valence-corrected chi connectivity index (χ1v) is 6.67. The number of hydrogen-bond donors (Lipinski definition) is 2. The molecule has 2 atom stereocenters. The van der Waals surface area contributed by atoms with Gasteiger partial charge in [0.2, 0.25) is 0 Å². The second-order valence-corrected chi connectivity index (χ2v) is 5.36. The van der Waals surface area contributed by atoms with Crippen LogP contribution in [0.3, 0.4) is 0 Å². The topological polar surface area (TPSA) is 41.5 Å². The Labute approximate surface area is 110 Å². The number of halogens is 2. The fourth-order valence-corrected chi connectivity index (χ4v) is 2.69. The second kappa shape index (κ2) is 5.06. The van der Waals surface area contributed by atoms with Gasteiger partial charge in [-0.25, -0.2) is 8.78 Å². The highest BCUT2D eigenvalue weighted by Gasteiger charge is 2.40. The number of rotatable bonds is 4. The van der Waals surface area contributed by atoms with E-state index >= 15 is 0 Å². The molecule has 0 radical (unpaired) electrons. The quantitative estimate of drug-likeness (QED) is 0.881. The summed E-state index contributed by atoms with van der Waals surface area (Å²) in [5, 5.41) is 12.3. The fraction of sp³-hybridized carbons (Fsp3) is 0.571. The molecule has 104 valence electrons. The van der Waals surface area contributed by atoms with E-state index in [1.165, 1.54) is 12.8 Å². The van der Waals surface area contributed by atoms with E-state index in [-0.39, 0.29) is 12.1 Å². The van der Waals surface area contributed by atoms with E-state index in [0.717, 1.165) is 25.2 Å². The Balaban J connectivity index is 1.62. The molecule has 0 amide bonds.